The molecule has 0 saturated carbocycles. The molecule has 0 aromatic carbocycles. The van der Waals surface area contributed by atoms with Crippen molar-refractivity contribution in [2.75, 3.05) is 20.2 Å². The van der Waals surface area contributed by atoms with Crippen LogP contribution in [0.3, 0.4) is 0 Å². The topological polar surface area (TPSA) is 102 Å². The molecule has 0 fully saturated rings. The fourth-order valence-electron chi connectivity index (χ4n) is 1.06. The van der Waals surface area contributed by atoms with Crippen molar-refractivity contribution in [3.63, 3.8) is 0 Å². The average Bonchev–Trinajstić information content (AvgIpc) is 2.22. The summed E-state index contributed by atoms with van der Waals surface area (Å²) in [6.07, 6.45) is -2.99. The van der Waals surface area contributed by atoms with E-state index < -0.39 is 24.9 Å². The molecular weight excluding hydrogens is 216 g/mol. The minimum Gasteiger partial charge on any atom is -0.530 e. The van der Waals surface area contributed by atoms with Crippen LogP contribution in [0.25, 0.3) is 0 Å². The fraction of sp³-hybridized carbons (Fsp3) is 0.778. The summed E-state index contributed by atoms with van der Waals surface area (Å²) in [7, 11) is 1.37. The molecule has 7 heteroatoms. The Morgan fingerprint density at radius 2 is 2.06 bits per heavy atom. The van der Waals surface area contributed by atoms with E-state index in [0.29, 0.717) is 0 Å². The van der Waals surface area contributed by atoms with Crippen LogP contribution in [0, 0.1) is 0 Å². The number of rotatable bonds is 5. The van der Waals surface area contributed by atoms with Gasteiger partial charge in [-0.05, 0) is 13.8 Å². The monoisotopic (exact) mass is 233 g/mol. The van der Waals surface area contributed by atoms with Gasteiger partial charge in [-0.25, -0.2) is 4.79 Å². The number of nitrogens with zero attached hydrogens (tertiary/aromatic N) is 1. The highest BCUT2D eigenvalue weighted by atomic mass is 16.6. The molecule has 0 aliphatic rings. The van der Waals surface area contributed by atoms with Crippen LogP contribution in [0.1, 0.15) is 13.8 Å². The lowest BCUT2D eigenvalue weighted by atomic mass is 10.3. The van der Waals surface area contributed by atoms with Gasteiger partial charge in [-0.2, -0.15) is 0 Å². The molecule has 0 aliphatic carbocycles. The van der Waals surface area contributed by atoms with E-state index in [0.717, 1.165) is 4.90 Å². The van der Waals surface area contributed by atoms with E-state index in [1.54, 1.807) is 13.8 Å². The van der Waals surface area contributed by atoms with Gasteiger partial charge >= 0.3 is 6.09 Å². The van der Waals surface area contributed by atoms with Crippen LogP contribution >= 0.6 is 0 Å². The molecular formula is C9H17N2O5-. The first-order valence-electron chi connectivity index (χ1n) is 4.89. The number of ether oxygens (including phenoxy) is 1. The van der Waals surface area contributed by atoms with Gasteiger partial charge in [0.15, 0.2) is 0 Å². The number of carboxylic acid groups (broad SMARTS) is 1. The highest BCUT2D eigenvalue weighted by Crippen LogP contribution is 2.02. The maximum atomic E-state index is 10.9. The first-order chi connectivity index (χ1) is 7.42. The van der Waals surface area contributed by atoms with E-state index in [1.807, 2.05) is 0 Å². The third-order valence-electron chi connectivity index (χ3n) is 1.94. The van der Waals surface area contributed by atoms with Crippen molar-refractivity contribution in [1.29, 1.82) is 0 Å². The van der Waals surface area contributed by atoms with Crippen LogP contribution in [0.2, 0.25) is 0 Å². The third-order valence-corrected chi connectivity index (χ3v) is 1.94. The standard InChI is InChI=1S/C9H18N2O5/c1-6(2)11(9(14)15)4-7(5-12)16-8(13)10-3/h6-7,12H,4-5H2,1-3H3,(H,10,13)(H,14,15)/p-1. The number of aliphatic hydroxyl groups excluding tert-OH is 1. The summed E-state index contributed by atoms with van der Waals surface area (Å²) in [5.41, 5.74) is 0. The maximum absolute atomic E-state index is 10.9. The molecule has 0 bridgehead atoms. The maximum Gasteiger partial charge on any atom is 0.407 e. The zero-order valence-electron chi connectivity index (χ0n) is 9.60. The van der Waals surface area contributed by atoms with E-state index in [-0.39, 0.29) is 12.6 Å². The van der Waals surface area contributed by atoms with Crippen molar-refractivity contribution in [3.05, 3.63) is 0 Å². The second kappa shape index (κ2) is 6.89. The lowest BCUT2D eigenvalue weighted by Gasteiger charge is -2.31. The number of nitrogens with one attached hydrogen (secondary N) is 1. The highest BCUT2D eigenvalue weighted by molar-refractivity contribution is 5.67. The normalized spacial score (nSPS) is 12.1. The molecule has 7 nitrogen and oxygen atoms in total. The molecule has 0 saturated heterocycles. The second-order valence-electron chi connectivity index (χ2n) is 3.47. The van der Waals surface area contributed by atoms with Crippen LogP contribution in [-0.2, 0) is 4.74 Å². The molecule has 0 aromatic rings. The summed E-state index contributed by atoms with van der Waals surface area (Å²) in [5, 5.41) is 21.9. The van der Waals surface area contributed by atoms with E-state index in [9.17, 15) is 14.7 Å². The lowest BCUT2D eigenvalue weighted by molar-refractivity contribution is -0.268. The zero-order valence-corrected chi connectivity index (χ0v) is 9.60. The smallest absolute Gasteiger partial charge is 0.407 e. The summed E-state index contributed by atoms with van der Waals surface area (Å²) >= 11 is 0. The van der Waals surface area contributed by atoms with Gasteiger partial charge < -0.3 is 30.0 Å². The minimum absolute atomic E-state index is 0.121. The van der Waals surface area contributed by atoms with Gasteiger partial charge in [0.1, 0.15) is 12.2 Å². The quantitative estimate of drug-likeness (QED) is 0.618. The first-order valence-corrected chi connectivity index (χ1v) is 4.89. The number of carbonyl (C=O) groups excluding carboxylic acids is 2. The lowest BCUT2D eigenvalue weighted by Crippen LogP contribution is -2.50. The van der Waals surface area contributed by atoms with Crippen molar-refractivity contribution in [3.8, 4) is 0 Å². The molecule has 1 atom stereocenters. The molecule has 2 N–H and O–H groups in total. The third kappa shape index (κ3) is 4.83. The van der Waals surface area contributed by atoms with Gasteiger partial charge in [0.25, 0.3) is 0 Å². The Balaban J connectivity index is 4.38. The molecule has 0 aliphatic heterocycles. The van der Waals surface area contributed by atoms with E-state index in [1.165, 1.54) is 7.05 Å². The number of hydrogen-bond acceptors (Lipinski definition) is 5. The van der Waals surface area contributed by atoms with Crippen LogP contribution in [0.15, 0.2) is 0 Å². The fourth-order valence-corrected chi connectivity index (χ4v) is 1.06. The average molecular weight is 233 g/mol. The Kier molecular flexibility index (Phi) is 6.24. The Hall–Kier alpha value is -1.50. The van der Waals surface area contributed by atoms with Crippen LogP contribution in [0.5, 0.6) is 0 Å². The van der Waals surface area contributed by atoms with Gasteiger partial charge in [-0.1, -0.05) is 0 Å². The largest absolute Gasteiger partial charge is 0.530 e. The number of hydrogen-bond donors (Lipinski definition) is 2. The summed E-state index contributed by atoms with van der Waals surface area (Å²) in [6, 6.07) is -0.313. The van der Waals surface area contributed by atoms with Crippen LogP contribution < -0.4 is 10.4 Å². The Labute approximate surface area is 94.0 Å². The van der Waals surface area contributed by atoms with Crippen molar-refractivity contribution < 1.29 is 24.5 Å². The van der Waals surface area contributed by atoms with Crippen molar-refractivity contribution in [2.45, 2.75) is 26.0 Å². The van der Waals surface area contributed by atoms with Crippen molar-refractivity contribution in [1.82, 2.24) is 10.2 Å². The molecule has 2 amide bonds. The molecule has 1 unspecified atom stereocenters. The summed E-state index contributed by atoms with van der Waals surface area (Å²) < 4.78 is 4.75. The minimum atomic E-state index is -1.37. The zero-order chi connectivity index (χ0) is 12.7. The molecule has 16 heavy (non-hydrogen) atoms. The number of alkyl carbamates (subject to hydrolysis) is 1. The number of aliphatic hydroxyl groups is 1. The van der Waals surface area contributed by atoms with Gasteiger partial charge in [-0.3, -0.25) is 0 Å². The van der Waals surface area contributed by atoms with E-state index in [4.69, 9.17) is 9.84 Å². The number of amides is 2. The van der Waals surface area contributed by atoms with E-state index >= 15 is 0 Å². The summed E-state index contributed by atoms with van der Waals surface area (Å²) in [4.78, 5) is 22.6. The molecule has 94 valence electrons. The highest BCUT2D eigenvalue weighted by Gasteiger charge is 2.19. The second-order valence-corrected chi connectivity index (χ2v) is 3.47. The molecule has 0 rings (SSSR count). The Morgan fingerprint density at radius 3 is 2.38 bits per heavy atom. The van der Waals surface area contributed by atoms with E-state index in [2.05, 4.69) is 5.32 Å². The SMILES string of the molecule is CNC(=O)OC(CO)CN(C(=O)[O-])C(C)C. The molecule has 0 heterocycles. The van der Waals surface area contributed by atoms with Crippen molar-refractivity contribution >= 4 is 12.2 Å². The Morgan fingerprint density at radius 1 is 1.50 bits per heavy atom. The predicted molar refractivity (Wildman–Crippen MR) is 53.7 cm³/mol. The first kappa shape index (κ1) is 14.5. The van der Waals surface area contributed by atoms with Crippen molar-refractivity contribution in [2.24, 2.45) is 0 Å². The van der Waals surface area contributed by atoms with Gasteiger partial charge in [0.2, 0.25) is 0 Å². The van der Waals surface area contributed by atoms with Crippen LogP contribution in [0.4, 0.5) is 9.59 Å². The summed E-state index contributed by atoms with van der Waals surface area (Å²) in [6.45, 7) is 2.74. The summed E-state index contributed by atoms with van der Waals surface area (Å²) in [5.74, 6) is 0. The predicted octanol–water partition coefficient (Wildman–Crippen LogP) is -1.24. The van der Waals surface area contributed by atoms with Gasteiger partial charge in [0, 0.05) is 13.1 Å². The van der Waals surface area contributed by atoms with Gasteiger partial charge in [-0.15, -0.1) is 0 Å². The molecule has 0 radical (unpaired) electrons. The molecule has 0 spiro atoms. The van der Waals surface area contributed by atoms with Gasteiger partial charge in [0.05, 0.1) is 13.2 Å². The number of carbonyl (C=O) groups is 2. The van der Waals surface area contributed by atoms with Crippen LogP contribution in [-0.4, -0.2) is 54.5 Å². The molecule has 0 aromatic heterocycles. The Bertz CT molecular complexity index is 244.